The summed E-state index contributed by atoms with van der Waals surface area (Å²) in [7, 11) is 4.59. The van der Waals surface area contributed by atoms with Crippen molar-refractivity contribution in [3.8, 4) is 0 Å². The predicted octanol–water partition coefficient (Wildman–Crippen LogP) is 1.35. The molecule has 0 spiro atoms. The van der Waals surface area contributed by atoms with E-state index in [0.717, 1.165) is 17.3 Å². The lowest BCUT2D eigenvalue weighted by molar-refractivity contribution is -0.945. The smallest absolute Gasteiger partial charge is 0.144 e. The van der Waals surface area contributed by atoms with E-state index in [1.807, 2.05) is 0 Å². The van der Waals surface area contributed by atoms with E-state index in [9.17, 15) is 4.79 Å². The molecule has 68 valence electrons. The Morgan fingerprint density at radius 3 is 2.17 bits per heavy atom. The van der Waals surface area contributed by atoms with E-state index in [0.29, 0.717) is 17.9 Å². The Balaban J connectivity index is 2.23. The maximum atomic E-state index is 11.4. The summed E-state index contributed by atoms with van der Waals surface area (Å²) in [5, 5.41) is 0. The Labute approximate surface area is 74.1 Å². The molecule has 0 saturated carbocycles. The number of fused-ring (bicyclic) bond motifs is 2. The van der Waals surface area contributed by atoms with Crippen LogP contribution in [0.3, 0.4) is 0 Å². The maximum absolute atomic E-state index is 11.4. The van der Waals surface area contributed by atoms with Crippen molar-refractivity contribution < 1.29 is 9.28 Å². The van der Waals surface area contributed by atoms with Crippen molar-refractivity contribution in [1.29, 1.82) is 0 Å². The van der Waals surface area contributed by atoms with Gasteiger partial charge < -0.3 is 4.48 Å². The van der Waals surface area contributed by atoms with E-state index in [1.54, 1.807) is 0 Å². The zero-order chi connectivity index (χ0) is 8.77. The van der Waals surface area contributed by atoms with Crippen molar-refractivity contribution in [3.05, 3.63) is 0 Å². The molecule has 0 amide bonds. The summed E-state index contributed by atoms with van der Waals surface area (Å²) < 4.78 is 1.10. The van der Waals surface area contributed by atoms with Gasteiger partial charge in [0.1, 0.15) is 5.78 Å². The van der Waals surface area contributed by atoms with E-state index >= 15 is 0 Å². The molecule has 0 aromatic carbocycles. The number of hydrogen-bond acceptors (Lipinski definition) is 1. The third-order valence-electron chi connectivity index (χ3n) is 3.88. The summed E-state index contributed by atoms with van der Waals surface area (Å²) in [6.45, 7) is 0. The molecule has 2 aliphatic heterocycles. The first-order valence-electron chi connectivity index (χ1n) is 4.96. The molecule has 2 saturated heterocycles. The number of ketones is 1. The highest BCUT2D eigenvalue weighted by atomic mass is 16.1. The topological polar surface area (TPSA) is 17.1 Å². The number of piperidine rings is 2. The molecule has 0 N–H and O–H groups in total. The summed E-state index contributed by atoms with van der Waals surface area (Å²) in [5.74, 6) is 0.502. The van der Waals surface area contributed by atoms with E-state index < -0.39 is 0 Å². The molecule has 0 aromatic rings. The third-order valence-corrected chi connectivity index (χ3v) is 3.88. The Hall–Kier alpha value is -0.370. The fourth-order valence-electron chi connectivity index (χ4n) is 2.84. The number of carbonyl (C=O) groups excluding carboxylic acids is 1. The first kappa shape index (κ1) is 8.24. The van der Waals surface area contributed by atoms with Crippen LogP contribution in [0.25, 0.3) is 0 Å². The van der Waals surface area contributed by atoms with Gasteiger partial charge in [0.05, 0.1) is 39.0 Å². The summed E-state index contributed by atoms with van der Waals surface area (Å²) >= 11 is 0. The second-order valence-electron chi connectivity index (χ2n) is 4.81. The Morgan fingerprint density at radius 1 is 1.17 bits per heavy atom. The summed E-state index contributed by atoms with van der Waals surface area (Å²) in [5.41, 5.74) is 0. The minimum absolute atomic E-state index is 0.502. The van der Waals surface area contributed by atoms with Gasteiger partial charge in [0.2, 0.25) is 0 Å². The van der Waals surface area contributed by atoms with Crippen LogP contribution in [0, 0.1) is 0 Å². The van der Waals surface area contributed by atoms with Crippen molar-refractivity contribution in [3.63, 3.8) is 0 Å². The molecule has 0 aliphatic carbocycles. The molecule has 2 rings (SSSR count). The van der Waals surface area contributed by atoms with Gasteiger partial charge in [-0.05, 0) is 6.42 Å². The second-order valence-corrected chi connectivity index (χ2v) is 4.81. The van der Waals surface area contributed by atoms with Gasteiger partial charge in [0.25, 0.3) is 0 Å². The zero-order valence-electron chi connectivity index (χ0n) is 8.05. The van der Waals surface area contributed by atoms with Crippen LogP contribution in [-0.4, -0.2) is 36.4 Å². The lowest BCUT2D eigenvalue weighted by atomic mass is 9.82. The van der Waals surface area contributed by atoms with Gasteiger partial charge in [-0.1, -0.05) is 0 Å². The summed E-state index contributed by atoms with van der Waals surface area (Å²) in [4.78, 5) is 11.4. The Bertz CT molecular complexity index is 192. The third kappa shape index (κ3) is 1.09. The molecule has 2 aliphatic rings. The largest absolute Gasteiger partial charge is 0.323 e. The number of Topliss-reactive ketones (excluding diaryl/α,β-unsaturated/α-hetero) is 1. The lowest BCUT2D eigenvalue weighted by Gasteiger charge is -2.50. The quantitative estimate of drug-likeness (QED) is 0.499. The number of hydrogen-bond donors (Lipinski definition) is 0. The van der Waals surface area contributed by atoms with E-state index in [4.69, 9.17) is 0 Å². The fourth-order valence-corrected chi connectivity index (χ4v) is 2.84. The molecule has 2 nitrogen and oxygen atoms in total. The number of nitrogens with zero attached hydrogens (tertiary/aromatic N) is 1. The van der Waals surface area contributed by atoms with Crippen molar-refractivity contribution in [2.75, 3.05) is 14.1 Å². The molecular formula is C10H18NO+. The standard InChI is InChI=1S/C10H18NO/c1-11(2)8-4-3-5-9(11)7-10(12)6-8/h8-9H,3-7H2,1-2H3/q+1/t8-,9+. The maximum Gasteiger partial charge on any atom is 0.144 e. The minimum atomic E-state index is 0.502. The highest BCUT2D eigenvalue weighted by Gasteiger charge is 2.45. The highest BCUT2D eigenvalue weighted by molar-refractivity contribution is 5.80. The average molecular weight is 168 g/mol. The summed E-state index contributed by atoms with van der Waals surface area (Å²) in [6.07, 6.45) is 5.53. The van der Waals surface area contributed by atoms with Crippen LogP contribution in [0.15, 0.2) is 0 Å². The van der Waals surface area contributed by atoms with Gasteiger partial charge >= 0.3 is 0 Å². The molecule has 12 heavy (non-hydrogen) atoms. The van der Waals surface area contributed by atoms with Crippen molar-refractivity contribution in [2.45, 2.75) is 44.2 Å². The van der Waals surface area contributed by atoms with Crippen LogP contribution in [-0.2, 0) is 4.79 Å². The molecule has 2 bridgehead atoms. The van der Waals surface area contributed by atoms with Crippen LogP contribution in [0.4, 0.5) is 0 Å². The fraction of sp³-hybridized carbons (Fsp3) is 0.900. The van der Waals surface area contributed by atoms with Gasteiger partial charge in [-0.2, -0.15) is 0 Å². The zero-order valence-corrected chi connectivity index (χ0v) is 8.05. The molecule has 2 heterocycles. The summed E-state index contributed by atoms with van der Waals surface area (Å²) in [6, 6.07) is 1.26. The van der Waals surface area contributed by atoms with Crippen LogP contribution < -0.4 is 0 Å². The molecule has 0 aromatic heterocycles. The number of carbonyl (C=O) groups is 1. The second kappa shape index (κ2) is 2.56. The molecular weight excluding hydrogens is 150 g/mol. The SMILES string of the molecule is C[N+]1(C)[C@@H]2CCC[C@H]1CC(=O)C2. The predicted molar refractivity (Wildman–Crippen MR) is 47.8 cm³/mol. The van der Waals surface area contributed by atoms with E-state index in [-0.39, 0.29) is 0 Å². The van der Waals surface area contributed by atoms with E-state index in [1.165, 1.54) is 19.3 Å². The molecule has 0 radical (unpaired) electrons. The molecule has 2 fully saturated rings. The van der Waals surface area contributed by atoms with Gasteiger partial charge in [-0.25, -0.2) is 0 Å². The van der Waals surface area contributed by atoms with Crippen LogP contribution >= 0.6 is 0 Å². The first-order valence-corrected chi connectivity index (χ1v) is 4.96. The van der Waals surface area contributed by atoms with Crippen LogP contribution in [0.5, 0.6) is 0 Å². The van der Waals surface area contributed by atoms with Crippen LogP contribution in [0.2, 0.25) is 0 Å². The van der Waals surface area contributed by atoms with Crippen molar-refractivity contribution >= 4 is 5.78 Å². The average Bonchev–Trinajstić information content (AvgIpc) is 1.92. The highest BCUT2D eigenvalue weighted by Crippen LogP contribution is 2.35. The Morgan fingerprint density at radius 2 is 1.67 bits per heavy atom. The molecule has 2 atom stereocenters. The number of rotatable bonds is 0. The molecule has 0 unspecified atom stereocenters. The first-order chi connectivity index (χ1) is 5.60. The van der Waals surface area contributed by atoms with E-state index in [2.05, 4.69) is 14.1 Å². The van der Waals surface area contributed by atoms with Gasteiger partial charge in [0.15, 0.2) is 0 Å². The van der Waals surface area contributed by atoms with Gasteiger partial charge in [-0.3, -0.25) is 4.79 Å². The normalized spacial score (nSPS) is 39.7. The number of quaternary nitrogens is 1. The van der Waals surface area contributed by atoms with Crippen molar-refractivity contribution in [1.82, 2.24) is 0 Å². The minimum Gasteiger partial charge on any atom is -0.323 e. The van der Waals surface area contributed by atoms with Gasteiger partial charge in [0, 0.05) is 12.8 Å². The molecule has 2 heteroatoms. The van der Waals surface area contributed by atoms with Gasteiger partial charge in [-0.15, -0.1) is 0 Å². The van der Waals surface area contributed by atoms with Crippen LogP contribution in [0.1, 0.15) is 32.1 Å². The van der Waals surface area contributed by atoms with Crippen molar-refractivity contribution in [2.24, 2.45) is 0 Å². The lowest BCUT2D eigenvalue weighted by Crippen LogP contribution is -2.62. The monoisotopic (exact) mass is 168 g/mol. The Kier molecular flexibility index (Phi) is 1.76.